The number of hydrogen-bond acceptors (Lipinski definition) is 4. The van der Waals surface area contributed by atoms with Crippen LogP contribution in [0, 0.1) is 17.3 Å². The van der Waals surface area contributed by atoms with Crippen LogP contribution < -0.4 is 16.0 Å². The molecule has 3 N–H and O–H groups in total. The second-order valence-corrected chi connectivity index (χ2v) is 8.53. The molecule has 2 saturated carbocycles. The van der Waals surface area contributed by atoms with Gasteiger partial charge in [-0.1, -0.05) is 26.2 Å². The Morgan fingerprint density at radius 1 is 1.23 bits per heavy atom. The maximum absolute atomic E-state index is 12.8. The highest BCUT2D eigenvalue weighted by Gasteiger charge is 2.52. The van der Waals surface area contributed by atoms with Crippen molar-refractivity contribution >= 4 is 17.3 Å². The Bertz CT molecular complexity index is 631. The van der Waals surface area contributed by atoms with Crippen LogP contribution in [0.4, 0.5) is 11.4 Å². The van der Waals surface area contributed by atoms with E-state index in [0.29, 0.717) is 11.8 Å². The molecule has 5 nitrogen and oxygen atoms in total. The fourth-order valence-corrected chi connectivity index (χ4v) is 4.59. The average molecular weight is 357 g/mol. The topological polar surface area (TPSA) is 67.6 Å². The number of hydrogen-bond donors (Lipinski definition) is 2. The van der Waals surface area contributed by atoms with Crippen molar-refractivity contribution < 1.29 is 9.53 Å². The third-order valence-corrected chi connectivity index (χ3v) is 6.70. The molecule has 0 aromatic heterocycles. The summed E-state index contributed by atoms with van der Waals surface area (Å²) in [5.74, 6) is 0.921. The van der Waals surface area contributed by atoms with E-state index in [1.165, 1.54) is 37.8 Å². The molecule has 0 spiro atoms. The zero-order chi connectivity index (χ0) is 18.1. The lowest BCUT2D eigenvalue weighted by Crippen LogP contribution is -2.49. The van der Waals surface area contributed by atoms with Gasteiger partial charge in [0.25, 0.3) is 0 Å². The molecule has 1 aromatic carbocycles. The first-order valence-corrected chi connectivity index (χ1v) is 10.1. The first-order chi connectivity index (χ1) is 12.6. The van der Waals surface area contributed by atoms with Crippen LogP contribution in [-0.2, 0) is 9.53 Å². The molecule has 2 aliphatic carbocycles. The number of rotatable bonds is 6. The smallest absolute Gasteiger partial charge is 0.241 e. The van der Waals surface area contributed by atoms with Gasteiger partial charge < -0.3 is 20.7 Å². The van der Waals surface area contributed by atoms with Crippen molar-refractivity contribution in [3.63, 3.8) is 0 Å². The van der Waals surface area contributed by atoms with Gasteiger partial charge >= 0.3 is 0 Å². The summed E-state index contributed by atoms with van der Waals surface area (Å²) in [7, 11) is 0. The summed E-state index contributed by atoms with van der Waals surface area (Å²) in [6.07, 6.45) is 6.17. The molecule has 142 valence electrons. The summed E-state index contributed by atoms with van der Waals surface area (Å²) in [5, 5.41) is 3.05. The summed E-state index contributed by atoms with van der Waals surface area (Å²) < 4.78 is 5.40. The summed E-state index contributed by atoms with van der Waals surface area (Å²) in [6.45, 7) is 5.68. The number of amides is 1. The fourth-order valence-electron chi connectivity index (χ4n) is 4.59. The summed E-state index contributed by atoms with van der Waals surface area (Å²) in [5.41, 5.74) is 8.74. The summed E-state index contributed by atoms with van der Waals surface area (Å²) >= 11 is 0. The quantitative estimate of drug-likeness (QED) is 0.821. The molecular weight excluding hydrogens is 326 g/mol. The van der Waals surface area contributed by atoms with Gasteiger partial charge in [0.05, 0.1) is 19.3 Å². The predicted octanol–water partition coefficient (Wildman–Crippen LogP) is 3.01. The molecular formula is C21H31N3O2. The van der Waals surface area contributed by atoms with Gasteiger partial charge in [-0.2, -0.15) is 0 Å². The van der Waals surface area contributed by atoms with Crippen molar-refractivity contribution in [3.05, 3.63) is 24.3 Å². The number of benzene rings is 1. The second-order valence-electron chi connectivity index (χ2n) is 8.53. The Balaban J connectivity index is 1.39. The lowest BCUT2D eigenvalue weighted by molar-refractivity contribution is -0.120. The molecule has 1 heterocycles. The Labute approximate surface area is 156 Å². The van der Waals surface area contributed by atoms with E-state index < -0.39 is 6.04 Å². The lowest BCUT2D eigenvalue weighted by Gasteiger charge is -2.40. The normalized spacial score (nSPS) is 24.5. The molecule has 26 heavy (non-hydrogen) atoms. The van der Waals surface area contributed by atoms with Crippen LogP contribution in [0.1, 0.15) is 39.0 Å². The van der Waals surface area contributed by atoms with Gasteiger partial charge in [-0.3, -0.25) is 4.79 Å². The van der Waals surface area contributed by atoms with Crippen molar-refractivity contribution in [2.45, 2.75) is 45.1 Å². The number of carbonyl (C=O) groups excluding carboxylic acids is 1. The standard InChI is InChI=1S/C21H31N3O2/c1-21(9-10-21)18(15-3-2-4-15)19(22)20(25)23-16-5-7-17(8-6-16)24-11-13-26-14-12-24/h5-8,15,18-19H,2-4,9-14,22H2,1H3,(H,23,25)/t18?,19-/m0/s1. The number of nitrogens with zero attached hydrogens (tertiary/aromatic N) is 1. The van der Waals surface area contributed by atoms with Crippen LogP contribution in [0.25, 0.3) is 0 Å². The van der Waals surface area contributed by atoms with Crippen LogP contribution >= 0.6 is 0 Å². The molecule has 1 aromatic rings. The first-order valence-electron chi connectivity index (χ1n) is 10.1. The zero-order valence-electron chi connectivity index (χ0n) is 15.7. The van der Waals surface area contributed by atoms with Crippen LogP contribution in [0.15, 0.2) is 24.3 Å². The third-order valence-electron chi connectivity index (χ3n) is 6.70. The molecule has 1 saturated heterocycles. The second kappa shape index (κ2) is 7.20. The van der Waals surface area contributed by atoms with E-state index in [2.05, 4.69) is 29.3 Å². The fraction of sp³-hybridized carbons (Fsp3) is 0.667. The van der Waals surface area contributed by atoms with Gasteiger partial charge in [-0.15, -0.1) is 0 Å². The number of anilines is 2. The van der Waals surface area contributed by atoms with Gasteiger partial charge in [-0.25, -0.2) is 0 Å². The van der Waals surface area contributed by atoms with Crippen molar-refractivity contribution in [2.75, 3.05) is 36.5 Å². The summed E-state index contributed by atoms with van der Waals surface area (Å²) in [4.78, 5) is 15.1. The summed E-state index contributed by atoms with van der Waals surface area (Å²) in [6, 6.07) is 7.68. The first kappa shape index (κ1) is 17.8. The van der Waals surface area contributed by atoms with Crippen molar-refractivity contribution in [3.8, 4) is 0 Å². The molecule has 1 aliphatic heterocycles. The van der Waals surface area contributed by atoms with Gasteiger partial charge in [0.1, 0.15) is 0 Å². The highest BCUT2D eigenvalue weighted by Crippen LogP contribution is 2.58. The third kappa shape index (κ3) is 3.60. The zero-order valence-corrected chi connectivity index (χ0v) is 15.7. The number of nitrogens with one attached hydrogen (secondary N) is 1. The molecule has 0 bridgehead atoms. The minimum Gasteiger partial charge on any atom is -0.378 e. The molecule has 3 fully saturated rings. The van der Waals surface area contributed by atoms with E-state index >= 15 is 0 Å². The van der Waals surface area contributed by atoms with E-state index in [1.54, 1.807) is 0 Å². The maximum Gasteiger partial charge on any atom is 0.241 e. The van der Waals surface area contributed by atoms with Gasteiger partial charge in [-0.05, 0) is 54.4 Å². The van der Waals surface area contributed by atoms with Crippen molar-refractivity contribution in [2.24, 2.45) is 23.0 Å². The molecule has 5 heteroatoms. The minimum atomic E-state index is -0.410. The molecule has 1 amide bonds. The van der Waals surface area contributed by atoms with Crippen LogP contribution in [0.5, 0.6) is 0 Å². The Morgan fingerprint density at radius 3 is 2.42 bits per heavy atom. The molecule has 0 radical (unpaired) electrons. The van der Waals surface area contributed by atoms with E-state index in [0.717, 1.165) is 32.0 Å². The van der Waals surface area contributed by atoms with Crippen molar-refractivity contribution in [1.29, 1.82) is 0 Å². The Morgan fingerprint density at radius 2 is 1.88 bits per heavy atom. The monoisotopic (exact) mass is 357 g/mol. The lowest BCUT2D eigenvalue weighted by atomic mass is 9.66. The number of ether oxygens (including phenoxy) is 1. The van der Waals surface area contributed by atoms with Gasteiger partial charge in [0.15, 0.2) is 0 Å². The molecule has 2 atom stereocenters. The van der Waals surface area contributed by atoms with Crippen LogP contribution in [0.2, 0.25) is 0 Å². The highest BCUT2D eigenvalue weighted by molar-refractivity contribution is 5.95. The Hall–Kier alpha value is -1.59. The van der Waals surface area contributed by atoms with Crippen molar-refractivity contribution in [1.82, 2.24) is 0 Å². The number of nitrogens with two attached hydrogens (primary N) is 1. The van der Waals surface area contributed by atoms with Gasteiger partial charge in [0, 0.05) is 24.5 Å². The highest BCUT2D eigenvalue weighted by atomic mass is 16.5. The number of morpholine rings is 1. The predicted molar refractivity (Wildman–Crippen MR) is 104 cm³/mol. The van der Waals surface area contributed by atoms with E-state index in [1.807, 2.05) is 12.1 Å². The van der Waals surface area contributed by atoms with E-state index in [4.69, 9.17) is 10.5 Å². The number of carbonyl (C=O) groups is 1. The largest absolute Gasteiger partial charge is 0.378 e. The SMILES string of the molecule is CC1(C(C2CCC2)[C@H](N)C(=O)Nc2ccc(N3CCOCC3)cc2)CC1. The van der Waals surface area contributed by atoms with E-state index in [9.17, 15) is 4.79 Å². The molecule has 4 rings (SSSR count). The Kier molecular flexibility index (Phi) is 4.93. The molecule has 3 aliphatic rings. The average Bonchev–Trinajstić information content (AvgIpc) is 3.37. The minimum absolute atomic E-state index is 0.0332. The van der Waals surface area contributed by atoms with Gasteiger partial charge in [0.2, 0.25) is 5.91 Å². The van der Waals surface area contributed by atoms with Crippen LogP contribution in [-0.4, -0.2) is 38.3 Å². The maximum atomic E-state index is 12.8. The van der Waals surface area contributed by atoms with Crippen LogP contribution in [0.3, 0.4) is 0 Å². The molecule has 1 unspecified atom stereocenters. The van der Waals surface area contributed by atoms with E-state index in [-0.39, 0.29) is 11.3 Å².